The second-order valence-corrected chi connectivity index (χ2v) is 6.38. The van der Waals surface area contributed by atoms with Gasteiger partial charge < -0.3 is 4.74 Å². The standard InChI is InChI=1S/C18H14Br2F2O/c19-17-7-5-15(21)11-13(17)3-1-9-23-10-2-4-14-12-16(22)6-8-18(14)20/h1-8,11-12H,9-10H2. The lowest BCUT2D eigenvalue weighted by atomic mass is 10.2. The van der Waals surface area contributed by atoms with Crippen molar-refractivity contribution in [1.82, 2.24) is 0 Å². The van der Waals surface area contributed by atoms with Crippen LogP contribution in [-0.4, -0.2) is 13.2 Å². The van der Waals surface area contributed by atoms with Gasteiger partial charge in [-0.05, 0) is 47.5 Å². The summed E-state index contributed by atoms with van der Waals surface area (Å²) in [5.74, 6) is -0.560. The smallest absolute Gasteiger partial charge is 0.123 e. The summed E-state index contributed by atoms with van der Waals surface area (Å²) in [6.07, 6.45) is 7.21. The lowest BCUT2D eigenvalue weighted by Gasteiger charge is -2.00. The average Bonchev–Trinajstić information content (AvgIpc) is 2.52. The minimum absolute atomic E-state index is 0.280. The van der Waals surface area contributed by atoms with Crippen molar-refractivity contribution >= 4 is 44.0 Å². The number of hydrogen-bond acceptors (Lipinski definition) is 1. The van der Waals surface area contributed by atoms with Crippen LogP contribution in [0.4, 0.5) is 8.78 Å². The van der Waals surface area contributed by atoms with Crippen molar-refractivity contribution in [3.63, 3.8) is 0 Å². The van der Waals surface area contributed by atoms with E-state index < -0.39 is 0 Å². The Bertz CT molecular complexity index is 665. The minimum atomic E-state index is -0.280. The third-order valence-electron chi connectivity index (χ3n) is 2.94. The molecule has 2 aromatic carbocycles. The molecule has 0 amide bonds. The molecule has 0 atom stereocenters. The molecule has 2 aromatic rings. The van der Waals surface area contributed by atoms with Crippen LogP contribution >= 0.6 is 31.9 Å². The largest absolute Gasteiger partial charge is 0.373 e. The maximum Gasteiger partial charge on any atom is 0.123 e. The van der Waals surface area contributed by atoms with Crippen LogP contribution in [-0.2, 0) is 4.74 Å². The highest BCUT2D eigenvalue weighted by Crippen LogP contribution is 2.20. The number of benzene rings is 2. The van der Waals surface area contributed by atoms with Crippen molar-refractivity contribution < 1.29 is 13.5 Å². The van der Waals surface area contributed by atoms with E-state index >= 15 is 0 Å². The van der Waals surface area contributed by atoms with Crippen molar-refractivity contribution in [3.05, 3.63) is 80.3 Å². The Hall–Kier alpha value is -1.30. The second kappa shape index (κ2) is 9.11. The van der Waals surface area contributed by atoms with E-state index in [0.717, 1.165) is 20.1 Å². The zero-order chi connectivity index (χ0) is 16.7. The van der Waals surface area contributed by atoms with Gasteiger partial charge in [-0.25, -0.2) is 8.78 Å². The van der Waals surface area contributed by atoms with Gasteiger partial charge in [0, 0.05) is 8.95 Å². The summed E-state index contributed by atoms with van der Waals surface area (Å²) in [4.78, 5) is 0. The Balaban J connectivity index is 1.79. The van der Waals surface area contributed by atoms with E-state index in [-0.39, 0.29) is 11.6 Å². The molecular formula is C18H14Br2F2O. The van der Waals surface area contributed by atoms with E-state index in [1.54, 1.807) is 24.3 Å². The van der Waals surface area contributed by atoms with Crippen LogP contribution in [0, 0.1) is 11.6 Å². The molecule has 0 aliphatic heterocycles. The summed E-state index contributed by atoms with van der Waals surface area (Å²) in [6.45, 7) is 0.801. The third-order valence-corrected chi connectivity index (χ3v) is 4.38. The predicted molar refractivity (Wildman–Crippen MR) is 97.1 cm³/mol. The first-order valence-electron chi connectivity index (χ1n) is 6.87. The Morgan fingerprint density at radius 2 is 1.22 bits per heavy atom. The van der Waals surface area contributed by atoms with Gasteiger partial charge in [0.05, 0.1) is 13.2 Å². The number of halogens is 4. The summed E-state index contributed by atoms with van der Waals surface area (Å²) in [5, 5.41) is 0. The molecule has 1 nitrogen and oxygen atoms in total. The molecule has 0 heterocycles. The zero-order valence-corrected chi connectivity index (χ0v) is 15.3. The van der Waals surface area contributed by atoms with E-state index in [4.69, 9.17) is 4.74 Å². The van der Waals surface area contributed by atoms with Gasteiger partial charge >= 0.3 is 0 Å². The fraction of sp³-hybridized carbons (Fsp3) is 0.111. The van der Waals surface area contributed by atoms with Crippen LogP contribution in [0.1, 0.15) is 11.1 Å². The van der Waals surface area contributed by atoms with Crippen molar-refractivity contribution in [3.8, 4) is 0 Å². The summed E-state index contributed by atoms with van der Waals surface area (Å²) in [7, 11) is 0. The van der Waals surface area contributed by atoms with Crippen LogP contribution in [0.2, 0.25) is 0 Å². The molecule has 0 bridgehead atoms. The molecule has 0 spiro atoms. The van der Waals surface area contributed by atoms with Crippen LogP contribution in [0.15, 0.2) is 57.5 Å². The maximum atomic E-state index is 13.1. The van der Waals surface area contributed by atoms with Crippen molar-refractivity contribution in [2.75, 3.05) is 13.2 Å². The van der Waals surface area contributed by atoms with Gasteiger partial charge in [-0.2, -0.15) is 0 Å². The molecule has 0 aromatic heterocycles. The lowest BCUT2D eigenvalue weighted by Crippen LogP contribution is -1.90. The Morgan fingerprint density at radius 1 is 0.783 bits per heavy atom. The van der Waals surface area contributed by atoms with Crippen LogP contribution in [0.3, 0.4) is 0 Å². The third kappa shape index (κ3) is 6.01. The van der Waals surface area contributed by atoms with E-state index in [1.165, 1.54) is 24.3 Å². The van der Waals surface area contributed by atoms with Gasteiger partial charge in [0.15, 0.2) is 0 Å². The Morgan fingerprint density at radius 3 is 1.65 bits per heavy atom. The SMILES string of the molecule is Fc1ccc(Br)c(C=CCOCC=Cc2cc(F)ccc2Br)c1. The van der Waals surface area contributed by atoms with Crippen molar-refractivity contribution in [1.29, 1.82) is 0 Å². The van der Waals surface area contributed by atoms with E-state index in [9.17, 15) is 8.78 Å². The van der Waals surface area contributed by atoms with Crippen LogP contribution < -0.4 is 0 Å². The lowest BCUT2D eigenvalue weighted by molar-refractivity contribution is 0.195. The van der Waals surface area contributed by atoms with Crippen LogP contribution in [0.25, 0.3) is 12.2 Å². The predicted octanol–water partition coefficient (Wildman–Crippen LogP) is 6.23. The summed E-state index contributed by atoms with van der Waals surface area (Å²) >= 11 is 6.72. The first-order chi connectivity index (χ1) is 11.1. The van der Waals surface area contributed by atoms with Gasteiger partial charge in [0.25, 0.3) is 0 Å². The highest BCUT2D eigenvalue weighted by Gasteiger charge is 1.98. The fourth-order valence-corrected chi connectivity index (χ4v) is 2.60. The quantitative estimate of drug-likeness (QED) is 0.480. The van der Waals surface area contributed by atoms with E-state index in [2.05, 4.69) is 31.9 Å². The summed E-state index contributed by atoms with van der Waals surface area (Å²) in [6, 6.07) is 9.01. The van der Waals surface area contributed by atoms with E-state index in [0.29, 0.717) is 13.2 Å². The number of hydrogen-bond donors (Lipinski definition) is 0. The zero-order valence-electron chi connectivity index (χ0n) is 12.1. The molecular weight excluding hydrogens is 430 g/mol. The van der Waals surface area contributed by atoms with Crippen LogP contribution in [0.5, 0.6) is 0 Å². The number of rotatable bonds is 6. The first kappa shape index (κ1) is 18.0. The molecule has 0 fully saturated rings. The molecule has 23 heavy (non-hydrogen) atoms. The monoisotopic (exact) mass is 442 g/mol. The highest BCUT2D eigenvalue weighted by atomic mass is 79.9. The molecule has 0 N–H and O–H groups in total. The second-order valence-electron chi connectivity index (χ2n) is 4.67. The highest BCUT2D eigenvalue weighted by molar-refractivity contribution is 9.10. The molecule has 5 heteroatoms. The number of ether oxygens (including phenoxy) is 1. The minimum Gasteiger partial charge on any atom is -0.373 e. The molecule has 0 saturated carbocycles. The van der Waals surface area contributed by atoms with Gasteiger partial charge in [0.1, 0.15) is 11.6 Å². The van der Waals surface area contributed by atoms with Crippen molar-refractivity contribution in [2.24, 2.45) is 0 Å². The van der Waals surface area contributed by atoms with E-state index in [1.807, 2.05) is 12.2 Å². The first-order valence-corrected chi connectivity index (χ1v) is 8.46. The molecule has 0 aliphatic rings. The molecule has 0 radical (unpaired) electrons. The Labute approximate surface area is 150 Å². The average molecular weight is 444 g/mol. The molecule has 0 unspecified atom stereocenters. The topological polar surface area (TPSA) is 9.23 Å². The van der Waals surface area contributed by atoms with Gasteiger partial charge in [-0.3, -0.25) is 0 Å². The molecule has 120 valence electrons. The normalized spacial score (nSPS) is 11.7. The Kier molecular flexibility index (Phi) is 7.15. The summed E-state index contributed by atoms with van der Waals surface area (Å²) < 4.78 is 33.3. The van der Waals surface area contributed by atoms with Gasteiger partial charge in [0.2, 0.25) is 0 Å². The molecule has 0 aliphatic carbocycles. The molecule has 2 rings (SSSR count). The van der Waals surface area contributed by atoms with Gasteiger partial charge in [-0.15, -0.1) is 0 Å². The van der Waals surface area contributed by atoms with Gasteiger partial charge in [-0.1, -0.05) is 56.2 Å². The van der Waals surface area contributed by atoms with Crippen molar-refractivity contribution in [2.45, 2.75) is 0 Å². The maximum absolute atomic E-state index is 13.1. The fourth-order valence-electron chi connectivity index (χ4n) is 1.84. The summed E-state index contributed by atoms with van der Waals surface area (Å²) in [5.41, 5.74) is 1.51. The molecule has 0 saturated heterocycles.